The molecule has 2 rings (SSSR count). The molecule has 1 amide bonds. The van der Waals surface area contributed by atoms with Crippen molar-refractivity contribution in [1.82, 2.24) is 10.2 Å². The van der Waals surface area contributed by atoms with Crippen molar-refractivity contribution in [3.63, 3.8) is 0 Å². The Labute approximate surface area is 122 Å². The highest BCUT2D eigenvalue weighted by atomic mass is 19.1. The molecule has 0 aromatic heterocycles. The van der Waals surface area contributed by atoms with Gasteiger partial charge in [-0.15, -0.1) is 0 Å². The van der Waals surface area contributed by atoms with Crippen molar-refractivity contribution in [2.75, 3.05) is 19.6 Å². The van der Waals surface area contributed by atoms with Crippen LogP contribution in [-0.2, 0) is 4.79 Å². The van der Waals surface area contributed by atoms with Crippen molar-refractivity contribution in [3.05, 3.63) is 35.4 Å². The molecule has 0 radical (unpaired) electrons. The van der Waals surface area contributed by atoms with E-state index in [9.17, 15) is 18.7 Å². The molecule has 0 aliphatic carbocycles. The number of carbonyl (C=O) groups is 1. The summed E-state index contributed by atoms with van der Waals surface area (Å²) in [5.74, 6) is -1.16. The number of β-amino-alcohol motifs (C(OH)–C–C–N with tert-alkyl or cyclic N) is 1. The number of nitrogens with zero attached hydrogens (tertiary/aromatic N) is 1. The van der Waals surface area contributed by atoms with E-state index in [1.54, 1.807) is 11.8 Å². The van der Waals surface area contributed by atoms with Crippen LogP contribution in [0.2, 0.25) is 0 Å². The van der Waals surface area contributed by atoms with Crippen molar-refractivity contribution in [2.45, 2.75) is 31.9 Å². The number of nitrogens with one attached hydrogen (secondary N) is 1. The molecule has 0 saturated carbocycles. The Morgan fingerprint density at radius 2 is 2.19 bits per heavy atom. The van der Waals surface area contributed by atoms with Gasteiger partial charge in [0.25, 0.3) is 0 Å². The van der Waals surface area contributed by atoms with Crippen LogP contribution in [0.4, 0.5) is 8.78 Å². The zero-order valence-electron chi connectivity index (χ0n) is 12.0. The first-order chi connectivity index (χ1) is 9.97. The minimum absolute atomic E-state index is 0.0617. The van der Waals surface area contributed by atoms with Gasteiger partial charge < -0.3 is 15.3 Å². The van der Waals surface area contributed by atoms with E-state index in [4.69, 9.17) is 0 Å². The number of rotatable bonds is 6. The second-order valence-corrected chi connectivity index (χ2v) is 5.39. The standard InChI is InChI=1S/C15H20F2N2O2/c1-10(13-5-4-11(16)7-14(13)17)18-8-12(20)9-19-6-2-3-15(19)21/h4-5,7,10,12,18,20H,2-3,6,8-9H2,1H3/t10-,12-/m0/s1. The summed E-state index contributed by atoms with van der Waals surface area (Å²) >= 11 is 0. The Morgan fingerprint density at radius 3 is 2.81 bits per heavy atom. The number of hydrogen-bond donors (Lipinski definition) is 2. The minimum atomic E-state index is -0.710. The van der Waals surface area contributed by atoms with Crippen molar-refractivity contribution in [1.29, 1.82) is 0 Å². The van der Waals surface area contributed by atoms with Gasteiger partial charge in [0.15, 0.2) is 0 Å². The lowest BCUT2D eigenvalue weighted by Gasteiger charge is -2.22. The van der Waals surface area contributed by atoms with Crippen molar-refractivity contribution >= 4 is 5.91 Å². The van der Waals surface area contributed by atoms with Gasteiger partial charge in [-0.25, -0.2) is 8.78 Å². The predicted molar refractivity (Wildman–Crippen MR) is 74.6 cm³/mol. The van der Waals surface area contributed by atoms with Crippen LogP contribution in [0.5, 0.6) is 0 Å². The van der Waals surface area contributed by atoms with Crippen LogP contribution in [0.15, 0.2) is 18.2 Å². The number of amides is 1. The number of halogens is 2. The van der Waals surface area contributed by atoms with Crippen molar-refractivity contribution in [3.8, 4) is 0 Å². The molecule has 6 heteroatoms. The van der Waals surface area contributed by atoms with E-state index in [1.165, 1.54) is 12.1 Å². The summed E-state index contributed by atoms with van der Waals surface area (Å²) < 4.78 is 26.5. The van der Waals surface area contributed by atoms with E-state index in [0.29, 0.717) is 18.5 Å². The third-order valence-electron chi connectivity index (χ3n) is 3.69. The third-order valence-corrected chi connectivity index (χ3v) is 3.69. The van der Waals surface area contributed by atoms with Gasteiger partial charge in [0.05, 0.1) is 6.10 Å². The Balaban J connectivity index is 1.82. The van der Waals surface area contributed by atoms with Crippen LogP contribution in [0.1, 0.15) is 31.4 Å². The lowest BCUT2D eigenvalue weighted by atomic mass is 10.1. The van der Waals surface area contributed by atoms with E-state index in [2.05, 4.69) is 5.32 Å². The molecule has 1 aromatic carbocycles. The van der Waals surface area contributed by atoms with Crippen molar-refractivity contribution < 1.29 is 18.7 Å². The molecule has 116 valence electrons. The maximum absolute atomic E-state index is 13.6. The van der Waals surface area contributed by atoms with Crippen LogP contribution in [0.3, 0.4) is 0 Å². The number of carbonyl (C=O) groups excluding carboxylic acids is 1. The first kappa shape index (κ1) is 15.9. The van der Waals surface area contributed by atoms with Gasteiger partial charge in [-0.1, -0.05) is 6.07 Å². The van der Waals surface area contributed by atoms with Gasteiger partial charge in [0.2, 0.25) is 5.91 Å². The normalized spacial score (nSPS) is 18.1. The molecule has 1 fully saturated rings. The monoisotopic (exact) mass is 298 g/mol. The highest BCUT2D eigenvalue weighted by Crippen LogP contribution is 2.17. The first-order valence-corrected chi connectivity index (χ1v) is 7.11. The number of aliphatic hydroxyl groups is 1. The molecule has 1 aliphatic heterocycles. The van der Waals surface area contributed by atoms with E-state index < -0.39 is 17.7 Å². The van der Waals surface area contributed by atoms with Gasteiger partial charge in [0, 0.05) is 43.7 Å². The fourth-order valence-corrected chi connectivity index (χ4v) is 2.49. The fourth-order valence-electron chi connectivity index (χ4n) is 2.49. The highest BCUT2D eigenvalue weighted by Gasteiger charge is 2.22. The largest absolute Gasteiger partial charge is 0.390 e. The number of hydrogen-bond acceptors (Lipinski definition) is 3. The fraction of sp³-hybridized carbons (Fsp3) is 0.533. The SMILES string of the molecule is C[C@H](NC[C@H](O)CN1CCCC1=O)c1ccc(F)cc1F. The zero-order valence-corrected chi connectivity index (χ0v) is 12.0. The van der Waals surface area contributed by atoms with Crippen LogP contribution in [-0.4, -0.2) is 41.7 Å². The minimum Gasteiger partial charge on any atom is -0.390 e. The van der Waals surface area contributed by atoms with Gasteiger partial charge in [-0.2, -0.15) is 0 Å². The van der Waals surface area contributed by atoms with Crippen LogP contribution in [0, 0.1) is 11.6 Å². The summed E-state index contributed by atoms with van der Waals surface area (Å²) in [6, 6.07) is 3.08. The molecule has 1 saturated heterocycles. The lowest BCUT2D eigenvalue weighted by Crippen LogP contribution is -2.39. The Kier molecular flexibility index (Phi) is 5.25. The number of likely N-dealkylation sites (tertiary alicyclic amines) is 1. The Hall–Kier alpha value is -1.53. The predicted octanol–water partition coefficient (Wildman–Crippen LogP) is 1.60. The van der Waals surface area contributed by atoms with Crippen molar-refractivity contribution in [2.24, 2.45) is 0 Å². The van der Waals surface area contributed by atoms with Gasteiger partial charge in [-0.3, -0.25) is 4.79 Å². The summed E-state index contributed by atoms with van der Waals surface area (Å²) in [7, 11) is 0. The van der Waals surface area contributed by atoms with Gasteiger partial charge in [-0.05, 0) is 19.4 Å². The number of aliphatic hydroxyl groups excluding tert-OH is 1. The lowest BCUT2D eigenvalue weighted by molar-refractivity contribution is -0.128. The van der Waals surface area contributed by atoms with Crippen LogP contribution >= 0.6 is 0 Å². The van der Waals surface area contributed by atoms with E-state index >= 15 is 0 Å². The maximum atomic E-state index is 13.6. The summed E-state index contributed by atoms with van der Waals surface area (Å²) in [6.07, 6.45) is 0.658. The molecular weight excluding hydrogens is 278 g/mol. The summed E-state index contributed by atoms with van der Waals surface area (Å²) in [6.45, 7) is 2.94. The zero-order chi connectivity index (χ0) is 15.4. The van der Waals surface area contributed by atoms with Crippen LogP contribution in [0.25, 0.3) is 0 Å². The van der Waals surface area contributed by atoms with E-state index in [1.807, 2.05) is 0 Å². The molecule has 0 unspecified atom stereocenters. The summed E-state index contributed by atoms with van der Waals surface area (Å²) in [5.41, 5.74) is 0.348. The molecule has 2 atom stereocenters. The topological polar surface area (TPSA) is 52.6 Å². The average molecular weight is 298 g/mol. The summed E-state index contributed by atoms with van der Waals surface area (Å²) in [4.78, 5) is 13.1. The van der Waals surface area contributed by atoms with Gasteiger partial charge >= 0.3 is 0 Å². The molecule has 1 heterocycles. The highest BCUT2D eigenvalue weighted by molar-refractivity contribution is 5.78. The quantitative estimate of drug-likeness (QED) is 0.839. The molecule has 0 bridgehead atoms. The molecule has 1 aromatic rings. The maximum Gasteiger partial charge on any atom is 0.222 e. The second kappa shape index (κ2) is 6.95. The molecule has 1 aliphatic rings. The van der Waals surface area contributed by atoms with Gasteiger partial charge in [0.1, 0.15) is 11.6 Å². The van der Waals surface area contributed by atoms with Crippen LogP contribution < -0.4 is 5.32 Å². The molecule has 0 spiro atoms. The first-order valence-electron chi connectivity index (χ1n) is 7.11. The molecule has 4 nitrogen and oxygen atoms in total. The summed E-state index contributed by atoms with van der Waals surface area (Å²) in [5, 5.41) is 12.9. The average Bonchev–Trinajstić information content (AvgIpc) is 2.81. The smallest absolute Gasteiger partial charge is 0.222 e. The third kappa shape index (κ3) is 4.22. The number of benzene rings is 1. The van der Waals surface area contributed by atoms with E-state index in [0.717, 1.165) is 12.5 Å². The molecular formula is C15H20F2N2O2. The van der Waals surface area contributed by atoms with E-state index in [-0.39, 0.29) is 25.0 Å². The Morgan fingerprint density at radius 1 is 1.43 bits per heavy atom. The Bertz CT molecular complexity index is 510. The molecule has 2 N–H and O–H groups in total. The molecule has 21 heavy (non-hydrogen) atoms. The second-order valence-electron chi connectivity index (χ2n) is 5.39.